The quantitative estimate of drug-likeness (QED) is 0.673. The minimum absolute atomic E-state index is 0. The number of halogens is 5. The molecule has 0 aliphatic carbocycles. The first-order chi connectivity index (χ1) is 4.97. The van der Waals surface area contributed by atoms with Crippen LogP contribution in [0.4, 0.5) is 13.2 Å². The molecule has 0 bridgehead atoms. The Morgan fingerprint density at radius 1 is 1.42 bits per heavy atom. The van der Waals surface area contributed by atoms with Gasteiger partial charge in [-0.1, -0.05) is 15.9 Å². The van der Waals surface area contributed by atoms with E-state index in [4.69, 9.17) is 0 Å². The summed E-state index contributed by atoms with van der Waals surface area (Å²) in [6.45, 7) is 0.296. The smallest absolute Gasteiger partial charge is 0.294 e. The molecular formula is C6H10Br2F3N. The van der Waals surface area contributed by atoms with Crippen LogP contribution in [0.5, 0.6) is 0 Å². The average Bonchev–Trinajstić information content (AvgIpc) is 2.10. The summed E-state index contributed by atoms with van der Waals surface area (Å²) in [7, 11) is 0. The molecule has 1 fully saturated rings. The van der Waals surface area contributed by atoms with Gasteiger partial charge in [-0.3, -0.25) is 4.90 Å². The molecule has 6 heteroatoms. The Bertz CT molecular complexity index is 139. The molecule has 0 spiro atoms. The Labute approximate surface area is 88.2 Å². The molecule has 1 saturated heterocycles. The van der Waals surface area contributed by atoms with E-state index in [1.165, 1.54) is 4.90 Å². The van der Waals surface area contributed by atoms with E-state index in [0.717, 1.165) is 6.42 Å². The third-order valence-corrected chi connectivity index (χ3v) is 2.37. The van der Waals surface area contributed by atoms with Gasteiger partial charge in [0.25, 0.3) is 0 Å². The second-order valence-corrected chi connectivity index (χ2v) is 4.03. The molecule has 0 N–H and O–H groups in total. The van der Waals surface area contributed by atoms with E-state index in [1.54, 1.807) is 0 Å². The molecule has 0 amide bonds. The Balaban J connectivity index is 0.00000121. The first-order valence-corrected chi connectivity index (χ1v) is 4.32. The lowest BCUT2D eigenvalue weighted by Gasteiger charge is -2.16. The Hall–Kier alpha value is 0.710. The van der Waals surface area contributed by atoms with Crippen molar-refractivity contribution in [3.05, 3.63) is 0 Å². The molecular weight excluding hydrogens is 303 g/mol. The van der Waals surface area contributed by atoms with Gasteiger partial charge in [0.2, 0.25) is 0 Å². The molecule has 12 heavy (non-hydrogen) atoms. The van der Waals surface area contributed by atoms with Crippen molar-refractivity contribution in [1.29, 1.82) is 0 Å². The molecule has 0 radical (unpaired) electrons. The summed E-state index contributed by atoms with van der Waals surface area (Å²) in [5.74, 6) is 0. The van der Waals surface area contributed by atoms with Gasteiger partial charge in [-0.2, -0.15) is 13.2 Å². The van der Waals surface area contributed by atoms with Crippen molar-refractivity contribution < 1.29 is 13.2 Å². The largest absolute Gasteiger partial charge is 0.401 e. The van der Waals surface area contributed by atoms with Crippen molar-refractivity contribution in [3.8, 4) is 0 Å². The molecule has 0 aromatic rings. The number of alkyl halides is 4. The Morgan fingerprint density at radius 3 is 2.33 bits per heavy atom. The van der Waals surface area contributed by atoms with Gasteiger partial charge < -0.3 is 0 Å². The van der Waals surface area contributed by atoms with Crippen LogP contribution in [0.3, 0.4) is 0 Å². The lowest BCUT2D eigenvalue weighted by atomic mass is 10.4. The highest BCUT2D eigenvalue weighted by atomic mass is 79.9. The van der Waals surface area contributed by atoms with Crippen molar-refractivity contribution in [1.82, 2.24) is 4.90 Å². The summed E-state index contributed by atoms with van der Waals surface area (Å²) < 4.78 is 35.3. The molecule has 1 aliphatic heterocycles. The van der Waals surface area contributed by atoms with Gasteiger partial charge in [0, 0.05) is 11.4 Å². The van der Waals surface area contributed by atoms with Gasteiger partial charge in [-0.05, 0) is 13.0 Å². The number of hydrogen-bond donors (Lipinski definition) is 0. The van der Waals surface area contributed by atoms with Crippen LogP contribution in [0.2, 0.25) is 0 Å². The van der Waals surface area contributed by atoms with E-state index in [2.05, 4.69) is 15.9 Å². The molecule has 1 rings (SSSR count). The molecule has 1 heterocycles. The van der Waals surface area contributed by atoms with Crippen molar-refractivity contribution in [3.63, 3.8) is 0 Å². The molecule has 0 aromatic heterocycles. The van der Waals surface area contributed by atoms with Crippen molar-refractivity contribution in [2.75, 3.05) is 19.6 Å². The zero-order valence-electron chi connectivity index (χ0n) is 6.27. The first-order valence-electron chi connectivity index (χ1n) is 3.40. The number of likely N-dealkylation sites (tertiary alicyclic amines) is 1. The summed E-state index contributed by atoms with van der Waals surface area (Å²) in [4.78, 5) is 1.66. The predicted molar refractivity (Wildman–Crippen MR) is 50.1 cm³/mol. The highest BCUT2D eigenvalue weighted by molar-refractivity contribution is 9.09. The van der Waals surface area contributed by atoms with E-state index in [1.807, 2.05) is 0 Å². The van der Waals surface area contributed by atoms with E-state index in [-0.39, 0.29) is 21.8 Å². The van der Waals surface area contributed by atoms with Crippen LogP contribution >= 0.6 is 32.9 Å². The standard InChI is InChI=1S/C6H9BrF3N.BrH/c7-5-1-2-11(3-5)4-6(8,9)10;/h5H,1-4H2;1H. The molecule has 1 atom stereocenters. The molecule has 1 unspecified atom stereocenters. The molecule has 74 valence electrons. The first kappa shape index (κ1) is 12.7. The maximum absolute atomic E-state index is 11.8. The van der Waals surface area contributed by atoms with Gasteiger partial charge in [0.1, 0.15) is 0 Å². The number of nitrogens with zero attached hydrogens (tertiary/aromatic N) is 1. The maximum atomic E-state index is 11.8. The highest BCUT2D eigenvalue weighted by Gasteiger charge is 2.33. The summed E-state index contributed by atoms with van der Waals surface area (Å²) in [5.41, 5.74) is 0. The third kappa shape index (κ3) is 4.67. The van der Waals surface area contributed by atoms with Crippen molar-refractivity contribution >= 4 is 32.9 Å². The van der Waals surface area contributed by atoms with E-state index >= 15 is 0 Å². The lowest BCUT2D eigenvalue weighted by molar-refractivity contribution is -0.143. The van der Waals surface area contributed by atoms with Crippen molar-refractivity contribution in [2.24, 2.45) is 0 Å². The van der Waals surface area contributed by atoms with Gasteiger partial charge >= 0.3 is 6.18 Å². The SMILES string of the molecule is Br.FC(F)(F)CN1CCC(Br)C1. The topological polar surface area (TPSA) is 3.24 Å². The summed E-state index contributed by atoms with van der Waals surface area (Å²) in [6.07, 6.45) is -3.23. The van der Waals surface area contributed by atoms with Gasteiger partial charge in [0.05, 0.1) is 6.54 Å². The van der Waals surface area contributed by atoms with Gasteiger partial charge in [-0.25, -0.2) is 0 Å². The van der Waals surface area contributed by atoms with Gasteiger partial charge in [-0.15, -0.1) is 17.0 Å². The second-order valence-electron chi connectivity index (χ2n) is 2.74. The van der Waals surface area contributed by atoms with Crippen LogP contribution in [0.15, 0.2) is 0 Å². The van der Waals surface area contributed by atoms with Crippen molar-refractivity contribution in [2.45, 2.75) is 17.4 Å². The summed E-state index contributed by atoms with van der Waals surface area (Å²) in [5, 5.41) is 0. The minimum atomic E-state index is -4.04. The predicted octanol–water partition coefficient (Wildman–Crippen LogP) is 2.60. The van der Waals surface area contributed by atoms with E-state index in [0.29, 0.717) is 13.1 Å². The van der Waals surface area contributed by atoms with E-state index < -0.39 is 12.7 Å². The van der Waals surface area contributed by atoms with E-state index in [9.17, 15) is 13.2 Å². The van der Waals surface area contributed by atoms with Gasteiger partial charge in [0.15, 0.2) is 0 Å². The van der Waals surface area contributed by atoms with Crippen LogP contribution in [0.1, 0.15) is 6.42 Å². The zero-order chi connectivity index (χ0) is 8.48. The fourth-order valence-corrected chi connectivity index (χ4v) is 1.80. The fourth-order valence-electron chi connectivity index (χ4n) is 1.18. The summed E-state index contributed by atoms with van der Waals surface area (Å²) in [6, 6.07) is 0. The minimum Gasteiger partial charge on any atom is -0.294 e. The van der Waals surface area contributed by atoms with Crippen LogP contribution in [0.25, 0.3) is 0 Å². The third-order valence-electron chi connectivity index (χ3n) is 1.62. The number of rotatable bonds is 1. The molecule has 0 saturated carbocycles. The Morgan fingerprint density at radius 2 is 2.00 bits per heavy atom. The van der Waals surface area contributed by atoms with Crippen LogP contribution < -0.4 is 0 Å². The lowest BCUT2D eigenvalue weighted by Crippen LogP contribution is -2.32. The molecule has 1 aliphatic rings. The summed E-state index contributed by atoms with van der Waals surface area (Å²) >= 11 is 3.28. The molecule has 1 nitrogen and oxygen atoms in total. The van der Waals surface area contributed by atoms with Crippen LogP contribution in [0, 0.1) is 0 Å². The average molecular weight is 313 g/mol. The normalized spacial score (nSPS) is 25.5. The highest BCUT2D eigenvalue weighted by Crippen LogP contribution is 2.22. The number of hydrogen-bond acceptors (Lipinski definition) is 1. The van der Waals surface area contributed by atoms with Crippen LogP contribution in [-0.4, -0.2) is 35.5 Å². The molecule has 0 aromatic carbocycles. The maximum Gasteiger partial charge on any atom is 0.401 e. The Kier molecular flexibility index (Phi) is 5.10. The monoisotopic (exact) mass is 311 g/mol. The zero-order valence-corrected chi connectivity index (χ0v) is 9.57. The van der Waals surface area contributed by atoms with Crippen LogP contribution in [-0.2, 0) is 0 Å². The second kappa shape index (κ2) is 4.81. The fraction of sp³-hybridized carbons (Fsp3) is 1.00.